The summed E-state index contributed by atoms with van der Waals surface area (Å²) in [5.41, 5.74) is 1.35. The van der Waals surface area contributed by atoms with E-state index >= 15 is 0 Å². The number of pyridine rings is 1. The van der Waals surface area contributed by atoms with E-state index in [2.05, 4.69) is 20.9 Å². The lowest BCUT2D eigenvalue weighted by Crippen LogP contribution is -2.39. The number of benzene rings is 1. The molecule has 1 aromatic heterocycles. The Balaban J connectivity index is 1.67. The molecule has 2 aromatic rings. The third kappa shape index (κ3) is 2.70. The summed E-state index contributed by atoms with van der Waals surface area (Å²) in [5.74, 6) is 0.354. The standard InChI is InChI=1S/C22H19BrN2O3/c23-14-7-5-6-13(12-14)19-18-20(26)15-8-1-2-9-16(15)28-21(18)22(27)25(19)17-10-3-4-11-24-17/h3-7,10-12,15-16,19H,1-2,8-9H2. The average molecular weight is 439 g/mol. The Morgan fingerprint density at radius 3 is 2.71 bits per heavy atom. The van der Waals surface area contributed by atoms with E-state index in [0.717, 1.165) is 35.7 Å². The Hall–Kier alpha value is -2.47. The minimum atomic E-state index is -0.523. The molecule has 3 aliphatic rings. The minimum absolute atomic E-state index is 0.0581. The molecule has 5 nitrogen and oxygen atoms in total. The number of amides is 1. The highest BCUT2D eigenvalue weighted by molar-refractivity contribution is 9.10. The number of halogens is 1. The summed E-state index contributed by atoms with van der Waals surface area (Å²) in [6.07, 6.45) is 5.17. The minimum Gasteiger partial charge on any atom is -0.483 e. The summed E-state index contributed by atoms with van der Waals surface area (Å²) in [6, 6.07) is 12.6. The van der Waals surface area contributed by atoms with Gasteiger partial charge in [0, 0.05) is 10.7 Å². The zero-order valence-electron chi connectivity index (χ0n) is 15.2. The quantitative estimate of drug-likeness (QED) is 0.699. The van der Waals surface area contributed by atoms with Crippen molar-refractivity contribution >= 4 is 33.4 Å². The third-order valence-corrected chi connectivity index (χ3v) is 6.32. The van der Waals surface area contributed by atoms with E-state index in [-0.39, 0.29) is 29.5 Å². The van der Waals surface area contributed by atoms with E-state index in [9.17, 15) is 9.59 Å². The fourth-order valence-electron chi connectivity index (χ4n) is 4.57. The van der Waals surface area contributed by atoms with Crippen molar-refractivity contribution in [3.63, 3.8) is 0 Å². The van der Waals surface area contributed by atoms with Gasteiger partial charge in [-0.25, -0.2) is 4.98 Å². The number of anilines is 1. The normalized spacial score (nSPS) is 26.8. The maximum atomic E-state index is 13.5. The number of rotatable bonds is 2. The highest BCUT2D eigenvalue weighted by Gasteiger charge is 2.52. The van der Waals surface area contributed by atoms with Crippen molar-refractivity contribution in [3.8, 4) is 0 Å². The van der Waals surface area contributed by atoms with Crippen LogP contribution in [0.5, 0.6) is 0 Å². The SMILES string of the molecule is O=C1C2=C(OC3CCCCC13)C(=O)N(c1ccccn1)C2c1cccc(Br)c1. The molecule has 5 rings (SSSR count). The fourth-order valence-corrected chi connectivity index (χ4v) is 4.99. The van der Waals surface area contributed by atoms with Crippen LogP contribution in [0.1, 0.15) is 37.3 Å². The van der Waals surface area contributed by atoms with Gasteiger partial charge < -0.3 is 4.74 Å². The van der Waals surface area contributed by atoms with Gasteiger partial charge in [0.2, 0.25) is 0 Å². The van der Waals surface area contributed by atoms with Crippen molar-refractivity contribution < 1.29 is 14.3 Å². The highest BCUT2D eigenvalue weighted by atomic mass is 79.9. The molecule has 0 spiro atoms. The molecule has 28 heavy (non-hydrogen) atoms. The number of hydrogen-bond donors (Lipinski definition) is 0. The molecule has 3 unspecified atom stereocenters. The first-order valence-electron chi connectivity index (χ1n) is 9.60. The number of Topliss-reactive ketones (excluding diaryl/α,β-unsaturated/α-hetero) is 1. The second-order valence-electron chi connectivity index (χ2n) is 7.47. The Bertz CT molecular complexity index is 988. The number of hydrogen-bond acceptors (Lipinski definition) is 4. The van der Waals surface area contributed by atoms with Crippen LogP contribution in [0.15, 0.2) is 64.5 Å². The van der Waals surface area contributed by atoms with Crippen LogP contribution in [0, 0.1) is 5.92 Å². The summed E-state index contributed by atoms with van der Waals surface area (Å²) in [7, 11) is 0. The Morgan fingerprint density at radius 1 is 1.07 bits per heavy atom. The first-order chi connectivity index (χ1) is 13.6. The van der Waals surface area contributed by atoms with Crippen molar-refractivity contribution in [2.45, 2.75) is 37.8 Å². The Morgan fingerprint density at radius 2 is 1.93 bits per heavy atom. The number of aromatic nitrogens is 1. The number of carbonyl (C=O) groups excluding carboxylic acids is 2. The third-order valence-electron chi connectivity index (χ3n) is 5.82. The van der Waals surface area contributed by atoms with Gasteiger partial charge in [-0.1, -0.05) is 40.5 Å². The second kappa shape index (κ2) is 6.85. The van der Waals surface area contributed by atoms with E-state index in [4.69, 9.17) is 4.74 Å². The lowest BCUT2D eigenvalue weighted by Gasteiger charge is -2.35. The summed E-state index contributed by atoms with van der Waals surface area (Å²) in [5, 5.41) is 0. The zero-order valence-corrected chi connectivity index (χ0v) is 16.8. The fraction of sp³-hybridized carbons (Fsp3) is 0.318. The van der Waals surface area contributed by atoms with Crippen molar-refractivity contribution in [3.05, 3.63) is 70.0 Å². The molecular formula is C22H19BrN2O3. The smallest absolute Gasteiger partial charge is 0.295 e. The van der Waals surface area contributed by atoms with Crippen LogP contribution in [0.3, 0.4) is 0 Å². The highest BCUT2D eigenvalue weighted by Crippen LogP contribution is 2.48. The number of carbonyl (C=O) groups is 2. The molecule has 1 fully saturated rings. The molecule has 2 aliphatic heterocycles. The van der Waals surface area contributed by atoms with Crippen molar-refractivity contribution in [2.24, 2.45) is 5.92 Å². The molecule has 1 amide bonds. The molecule has 1 aromatic carbocycles. The Kier molecular flexibility index (Phi) is 4.31. The van der Waals surface area contributed by atoms with Crippen LogP contribution in [0.2, 0.25) is 0 Å². The molecular weight excluding hydrogens is 420 g/mol. The van der Waals surface area contributed by atoms with Crippen LogP contribution in [-0.2, 0) is 14.3 Å². The number of fused-ring (bicyclic) bond motifs is 1. The van der Waals surface area contributed by atoms with E-state index in [1.54, 1.807) is 17.2 Å². The summed E-state index contributed by atoms with van der Waals surface area (Å²) in [4.78, 5) is 32.8. The molecule has 1 saturated carbocycles. The maximum absolute atomic E-state index is 13.5. The first kappa shape index (κ1) is 17.6. The number of ketones is 1. The van der Waals surface area contributed by atoms with Gasteiger partial charge in [-0.2, -0.15) is 0 Å². The molecule has 0 N–H and O–H groups in total. The van der Waals surface area contributed by atoms with Crippen molar-refractivity contribution in [1.29, 1.82) is 0 Å². The average Bonchev–Trinajstić information content (AvgIpc) is 3.02. The van der Waals surface area contributed by atoms with Crippen LogP contribution in [0.25, 0.3) is 0 Å². The van der Waals surface area contributed by atoms with Gasteiger partial charge in [0.15, 0.2) is 11.5 Å². The van der Waals surface area contributed by atoms with Crippen LogP contribution < -0.4 is 4.90 Å². The van der Waals surface area contributed by atoms with Gasteiger partial charge in [0.25, 0.3) is 5.91 Å². The first-order valence-corrected chi connectivity index (χ1v) is 10.4. The van der Waals surface area contributed by atoms with E-state index in [0.29, 0.717) is 11.4 Å². The molecule has 0 radical (unpaired) electrons. The molecule has 6 heteroatoms. The molecule has 0 bridgehead atoms. The lowest BCUT2D eigenvalue weighted by molar-refractivity contribution is -0.131. The molecule has 0 saturated heterocycles. The van der Waals surface area contributed by atoms with Gasteiger partial charge >= 0.3 is 0 Å². The van der Waals surface area contributed by atoms with Gasteiger partial charge in [0.1, 0.15) is 11.9 Å². The predicted octanol–water partition coefficient (Wildman–Crippen LogP) is 4.34. The number of nitrogens with zero attached hydrogens (tertiary/aromatic N) is 2. The van der Waals surface area contributed by atoms with Gasteiger partial charge in [0.05, 0.1) is 17.5 Å². The number of ether oxygens (including phenoxy) is 1. The van der Waals surface area contributed by atoms with E-state index in [1.807, 2.05) is 36.4 Å². The zero-order chi connectivity index (χ0) is 19.3. The largest absolute Gasteiger partial charge is 0.483 e. The monoisotopic (exact) mass is 438 g/mol. The molecule has 3 atom stereocenters. The van der Waals surface area contributed by atoms with E-state index in [1.165, 1.54) is 0 Å². The summed E-state index contributed by atoms with van der Waals surface area (Å²) >= 11 is 3.51. The Labute approximate surface area is 171 Å². The second-order valence-corrected chi connectivity index (χ2v) is 8.39. The molecule has 3 heterocycles. The summed E-state index contributed by atoms with van der Waals surface area (Å²) in [6.45, 7) is 0. The van der Waals surface area contributed by atoms with Gasteiger partial charge in [-0.05, 0) is 49.1 Å². The van der Waals surface area contributed by atoms with Crippen molar-refractivity contribution in [2.75, 3.05) is 4.90 Å². The maximum Gasteiger partial charge on any atom is 0.295 e. The molecule has 142 valence electrons. The van der Waals surface area contributed by atoms with Crippen molar-refractivity contribution in [1.82, 2.24) is 4.98 Å². The van der Waals surface area contributed by atoms with E-state index < -0.39 is 6.04 Å². The molecule has 1 aliphatic carbocycles. The summed E-state index contributed by atoms with van der Waals surface area (Å²) < 4.78 is 7.05. The van der Waals surface area contributed by atoms with Crippen LogP contribution >= 0.6 is 15.9 Å². The van der Waals surface area contributed by atoms with Crippen LogP contribution in [-0.4, -0.2) is 22.8 Å². The predicted molar refractivity (Wildman–Crippen MR) is 107 cm³/mol. The van der Waals surface area contributed by atoms with Crippen LogP contribution in [0.4, 0.5) is 5.82 Å². The lowest BCUT2D eigenvalue weighted by atomic mass is 9.77. The van der Waals surface area contributed by atoms with Gasteiger partial charge in [-0.15, -0.1) is 0 Å². The van der Waals surface area contributed by atoms with Gasteiger partial charge in [-0.3, -0.25) is 14.5 Å². The topological polar surface area (TPSA) is 59.5 Å².